The van der Waals surface area contributed by atoms with Crippen molar-refractivity contribution in [3.05, 3.63) is 41.4 Å². The van der Waals surface area contributed by atoms with Gasteiger partial charge in [0.2, 0.25) is 0 Å². The number of ether oxygens (including phenoxy) is 2. The van der Waals surface area contributed by atoms with Crippen LogP contribution in [0.25, 0.3) is 0 Å². The van der Waals surface area contributed by atoms with Gasteiger partial charge >= 0.3 is 0 Å². The molecule has 3 rings (SSSR count). The molecular formula is C17H19ClN2O4S. The summed E-state index contributed by atoms with van der Waals surface area (Å²) >= 11 is 6.02. The van der Waals surface area contributed by atoms with Crippen LogP contribution in [0, 0.1) is 0 Å². The maximum Gasteiger partial charge on any atom is 0.262 e. The van der Waals surface area contributed by atoms with Crippen LogP contribution < -0.4 is 19.1 Å². The van der Waals surface area contributed by atoms with E-state index in [1.807, 2.05) is 19.0 Å². The monoisotopic (exact) mass is 382 g/mol. The maximum atomic E-state index is 12.8. The van der Waals surface area contributed by atoms with E-state index in [-0.39, 0.29) is 4.90 Å². The van der Waals surface area contributed by atoms with Gasteiger partial charge in [-0.15, -0.1) is 0 Å². The summed E-state index contributed by atoms with van der Waals surface area (Å²) in [6, 6.07) is 9.63. The number of sulfonamides is 1. The van der Waals surface area contributed by atoms with Gasteiger partial charge < -0.3 is 14.4 Å². The van der Waals surface area contributed by atoms with Crippen LogP contribution in [0.4, 0.5) is 11.4 Å². The number of benzene rings is 2. The van der Waals surface area contributed by atoms with E-state index in [1.54, 1.807) is 24.3 Å². The Morgan fingerprint density at radius 1 is 1.04 bits per heavy atom. The van der Waals surface area contributed by atoms with Crippen molar-refractivity contribution in [2.24, 2.45) is 0 Å². The van der Waals surface area contributed by atoms with Gasteiger partial charge in [-0.25, -0.2) is 8.42 Å². The quantitative estimate of drug-likeness (QED) is 0.878. The highest BCUT2D eigenvalue weighted by atomic mass is 35.5. The first-order valence-electron chi connectivity index (χ1n) is 7.76. The van der Waals surface area contributed by atoms with E-state index < -0.39 is 10.0 Å². The molecule has 0 saturated heterocycles. The van der Waals surface area contributed by atoms with E-state index in [4.69, 9.17) is 21.1 Å². The van der Waals surface area contributed by atoms with Crippen molar-refractivity contribution in [1.29, 1.82) is 0 Å². The van der Waals surface area contributed by atoms with Crippen molar-refractivity contribution >= 4 is 33.0 Å². The van der Waals surface area contributed by atoms with Crippen LogP contribution in [0.1, 0.15) is 6.42 Å². The molecule has 0 atom stereocenters. The minimum Gasteiger partial charge on any atom is -0.490 e. The molecule has 134 valence electrons. The number of nitrogens with zero attached hydrogens (tertiary/aromatic N) is 1. The molecule has 1 aliphatic heterocycles. The van der Waals surface area contributed by atoms with Gasteiger partial charge in [0, 0.05) is 31.6 Å². The van der Waals surface area contributed by atoms with Crippen molar-refractivity contribution in [3.8, 4) is 11.5 Å². The second-order valence-corrected chi connectivity index (χ2v) is 7.94. The largest absolute Gasteiger partial charge is 0.490 e. The maximum absolute atomic E-state index is 12.8. The van der Waals surface area contributed by atoms with Gasteiger partial charge in [0.05, 0.1) is 29.5 Å². The highest BCUT2D eigenvalue weighted by Gasteiger charge is 2.20. The Morgan fingerprint density at radius 3 is 2.48 bits per heavy atom. The minimum atomic E-state index is -3.80. The first-order chi connectivity index (χ1) is 11.9. The highest BCUT2D eigenvalue weighted by Crippen LogP contribution is 2.34. The Labute approximate surface area is 152 Å². The molecule has 1 N–H and O–H groups in total. The van der Waals surface area contributed by atoms with Gasteiger partial charge in [-0.2, -0.15) is 0 Å². The Balaban J connectivity index is 1.95. The van der Waals surface area contributed by atoms with Gasteiger partial charge in [0.15, 0.2) is 11.5 Å². The molecule has 0 fully saturated rings. The number of rotatable bonds is 4. The van der Waals surface area contributed by atoms with Gasteiger partial charge in [-0.05, 0) is 30.3 Å². The average Bonchev–Trinajstić information content (AvgIpc) is 2.78. The fourth-order valence-electron chi connectivity index (χ4n) is 2.49. The first-order valence-corrected chi connectivity index (χ1v) is 9.62. The zero-order valence-electron chi connectivity index (χ0n) is 14.0. The van der Waals surface area contributed by atoms with E-state index in [2.05, 4.69) is 4.72 Å². The molecule has 0 aliphatic carbocycles. The van der Waals surface area contributed by atoms with Crippen LogP contribution in [0.15, 0.2) is 41.3 Å². The molecule has 25 heavy (non-hydrogen) atoms. The fraction of sp³-hybridized carbons (Fsp3) is 0.294. The molecule has 6 nitrogen and oxygen atoms in total. The summed E-state index contributed by atoms with van der Waals surface area (Å²) in [5, 5.41) is 0.446. The van der Waals surface area contributed by atoms with Gasteiger partial charge in [-0.1, -0.05) is 11.6 Å². The number of fused-ring (bicyclic) bond motifs is 1. The van der Waals surface area contributed by atoms with Crippen molar-refractivity contribution in [2.45, 2.75) is 11.3 Å². The molecule has 0 spiro atoms. The van der Waals surface area contributed by atoms with Crippen LogP contribution >= 0.6 is 11.6 Å². The van der Waals surface area contributed by atoms with Crippen LogP contribution in [-0.4, -0.2) is 35.7 Å². The van der Waals surface area contributed by atoms with Crippen molar-refractivity contribution < 1.29 is 17.9 Å². The topological polar surface area (TPSA) is 67.9 Å². The molecular weight excluding hydrogens is 364 g/mol. The standard InChI is InChI=1S/C17H19ClN2O4S/c1-20(2)15-6-4-12(18)10-14(15)19-25(21,22)13-5-7-16-17(11-13)24-9-3-8-23-16/h4-7,10-11,19H,3,8-9H2,1-2H3. The summed E-state index contributed by atoms with van der Waals surface area (Å²) in [4.78, 5) is 1.91. The van der Waals surface area contributed by atoms with Crippen LogP contribution in [0.3, 0.4) is 0 Å². The van der Waals surface area contributed by atoms with Crippen LogP contribution in [-0.2, 0) is 10.0 Å². The zero-order chi connectivity index (χ0) is 18.0. The molecule has 0 amide bonds. The highest BCUT2D eigenvalue weighted by molar-refractivity contribution is 7.92. The number of halogens is 1. The van der Waals surface area contributed by atoms with Gasteiger partial charge in [0.25, 0.3) is 10.0 Å². The summed E-state index contributed by atoms with van der Waals surface area (Å²) in [5.41, 5.74) is 1.12. The van der Waals surface area contributed by atoms with E-state index in [9.17, 15) is 8.42 Å². The fourth-order valence-corrected chi connectivity index (χ4v) is 3.75. The smallest absolute Gasteiger partial charge is 0.262 e. The second-order valence-electron chi connectivity index (χ2n) is 5.82. The van der Waals surface area contributed by atoms with Crippen molar-refractivity contribution in [3.63, 3.8) is 0 Å². The second kappa shape index (κ2) is 7.01. The van der Waals surface area contributed by atoms with E-state index in [0.29, 0.717) is 41.1 Å². The molecule has 0 radical (unpaired) electrons. The molecule has 0 saturated carbocycles. The number of nitrogens with one attached hydrogen (secondary N) is 1. The molecule has 2 aromatic carbocycles. The van der Waals surface area contributed by atoms with Crippen LogP contribution in [0.2, 0.25) is 5.02 Å². The molecule has 2 aromatic rings. The number of anilines is 2. The zero-order valence-corrected chi connectivity index (χ0v) is 15.5. The Morgan fingerprint density at radius 2 is 1.76 bits per heavy atom. The predicted molar refractivity (Wildman–Crippen MR) is 98.6 cm³/mol. The third-order valence-electron chi connectivity index (χ3n) is 3.71. The summed E-state index contributed by atoms with van der Waals surface area (Å²) in [5.74, 6) is 0.979. The van der Waals surface area contributed by atoms with E-state index in [1.165, 1.54) is 12.1 Å². The molecule has 1 heterocycles. The molecule has 8 heteroatoms. The summed E-state index contributed by atoms with van der Waals surface area (Å²) in [6.07, 6.45) is 0.754. The van der Waals surface area contributed by atoms with Crippen LogP contribution in [0.5, 0.6) is 11.5 Å². The Hall–Kier alpha value is -2.12. The third-order valence-corrected chi connectivity index (χ3v) is 5.31. The Bertz CT molecular complexity index is 884. The lowest BCUT2D eigenvalue weighted by molar-refractivity contribution is 0.297. The molecule has 0 bridgehead atoms. The van der Waals surface area contributed by atoms with E-state index >= 15 is 0 Å². The van der Waals surface area contributed by atoms with Crippen molar-refractivity contribution in [2.75, 3.05) is 36.9 Å². The van der Waals surface area contributed by atoms with Crippen molar-refractivity contribution in [1.82, 2.24) is 0 Å². The summed E-state index contributed by atoms with van der Waals surface area (Å²) in [7, 11) is -0.146. The molecule has 0 unspecified atom stereocenters. The average molecular weight is 383 g/mol. The minimum absolute atomic E-state index is 0.0985. The lowest BCUT2D eigenvalue weighted by Crippen LogP contribution is -2.17. The predicted octanol–water partition coefficient (Wildman–Crippen LogP) is 3.37. The molecule has 0 aromatic heterocycles. The van der Waals surface area contributed by atoms with Gasteiger partial charge in [-0.3, -0.25) is 4.72 Å². The lowest BCUT2D eigenvalue weighted by atomic mass is 10.2. The van der Waals surface area contributed by atoms with Gasteiger partial charge in [0.1, 0.15) is 0 Å². The summed E-state index contributed by atoms with van der Waals surface area (Å²) in [6.45, 7) is 1.04. The van der Waals surface area contributed by atoms with E-state index in [0.717, 1.165) is 6.42 Å². The number of hydrogen-bond donors (Lipinski definition) is 1. The normalized spacial score (nSPS) is 13.9. The summed E-state index contributed by atoms with van der Waals surface area (Å²) < 4.78 is 39.3. The third kappa shape index (κ3) is 3.93. The SMILES string of the molecule is CN(C)c1ccc(Cl)cc1NS(=O)(=O)c1ccc2c(c1)OCCCO2. The number of hydrogen-bond acceptors (Lipinski definition) is 5. The lowest BCUT2D eigenvalue weighted by Gasteiger charge is -2.19. The Kier molecular flexibility index (Phi) is 4.96. The molecule has 1 aliphatic rings. The first kappa shape index (κ1) is 17.7.